The van der Waals surface area contributed by atoms with Gasteiger partial charge < -0.3 is 14.7 Å². The second-order valence-electron chi connectivity index (χ2n) is 3.88. The van der Waals surface area contributed by atoms with Crippen molar-refractivity contribution in [1.82, 2.24) is 9.97 Å². The zero-order chi connectivity index (χ0) is 12.6. The number of carbonyl (C=O) groups excluding carboxylic acids is 1. The lowest BCUT2D eigenvalue weighted by molar-refractivity contribution is 0.0523. The Morgan fingerprint density at radius 1 is 1.41 bits per heavy atom. The molecule has 90 valence electrons. The number of esters is 1. The number of rotatable bonds is 2. The van der Waals surface area contributed by atoms with Crippen molar-refractivity contribution >= 4 is 16.9 Å². The normalized spacial score (nSPS) is 10.8. The van der Waals surface area contributed by atoms with E-state index in [1.165, 1.54) is 0 Å². The van der Waals surface area contributed by atoms with Crippen LogP contribution in [-0.4, -0.2) is 22.5 Å². The van der Waals surface area contributed by atoms with Gasteiger partial charge in [0.25, 0.3) is 5.56 Å². The predicted octanol–water partition coefficient (Wildman–Crippen LogP) is 1.65. The van der Waals surface area contributed by atoms with E-state index in [1.807, 2.05) is 6.92 Å². The zero-order valence-electron chi connectivity index (χ0n) is 10.0. The van der Waals surface area contributed by atoms with Gasteiger partial charge in [-0.2, -0.15) is 0 Å². The maximum atomic E-state index is 11.8. The smallest absolute Gasteiger partial charge is 0.344 e. The Hall–Kier alpha value is -2.04. The Morgan fingerprint density at radius 2 is 2.12 bits per heavy atom. The zero-order valence-corrected chi connectivity index (χ0v) is 10.0. The van der Waals surface area contributed by atoms with Gasteiger partial charge in [-0.3, -0.25) is 4.79 Å². The number of nitrogens with one attached hydrogen (secondary N) is 2. The summed E-state index contributed by atoms with van der Waals surface area (Å²) >= 11 is 0. The van der Waals surface area contributed by atoms with Crippen molar-refractivity contribution in [3.63, 3.8) is 0 Å². The van der Waals surface area contributed by atoms with Gasteiger partial charge in [0, 0.05) is 17.3 Å². The van der Waals surface area contributed by atoms with E-state index >= 15 is 0 Å². The third-order valence-corrected chi connectivity index (χ3v) is 2.78. The number of aromatic amines is 2. The van der Waals surface area contributed by atoms with Gasteiger partial charge in [0.2, 0.25) is 0 Å². The first-order valence-corrected chi connectivity index (χ1v) is 5.44. The molecular weight excluding hydrogens is 220 g/mol. The number of hydrogen-bond acceptors (Lipinski definition) is 3. The van der Waals surface area contributed by atoms with Crippen LogP contribution in [0.1, 0.15) is 28.5 Å². The predicted molar refractivity (Wildman–Crippen MR) is 64.3 cm³/mol. The van der Waals surface area contributed by atoms with Crippen molar-refractivity contribution in [2.75, 3.05) is 6.61 Å². The lowest BCUT2D eigenvalue weighted by Crippen LogP contribution is -2.21. The third-order valence-electron chi connectivity index (χ3n) is 2.78. The van der Waals surface area contributed by atoms with Gasteiger partial charge in [-0.1, -0.05) is 0 Å². The summed E-state index contributed by atoms with van der Waals surface area (Å²) in [7, 11) is 0. The first kappa shape index (κ1) is 11.4. The van der Waals surface area contributed by atoms with Crippen molar-refractivity contribution in [2.24, 2.45) is 0 Å². The van der Waals surface area contributed by atoms with Crippen LogP contribution in [0.25, 0.3) is 10.9 Å². The van der Waals surface area contributed by atoms with Crippen LogP contribution in [0.15, 0.2) is 11.0 Å². The third kappa shape index (κ3) is 1.73. The van der Waals surface area contributed by atoms with Crippen molar-refractivity contribution in [3.05, 3.63) is 33.4 Å². The Bertz CT molecular complexity index is 637. The SMILES string of the molecule is CCOC(=O)c1c(C)c2c(C)[nH]cc2[nH]c1=O. The molecule has 0 aromatic carbocycles. The van der Waals surface area contributed by atoms with Crippen LogP contribution < -0.4 is 5.56 Å². The summed E-state index contributed by atoms with van der Waals surface area (Å²) in [6, 6.07) is 0. The molecule has 2 rings (SSSR count). The average molecular weight is 234 g/mol. The van der Waals surface area contributed by atoms with Crippen LogP contribution >= 0.6 is 0 Å². The van der Waals surface area contributed by atoms with Crippen LogP contribution in [0.3, 0.4) is 0 Å². The van der Waals surface area contributed by atoms with Gasteiger partial charge in [0.1, 0.15) is 5.56 Å². The van der Waals surface area contributed by atoms with Gasteiger partial charge >= 0.3 is 5.97 Å². The monoisotopic (exact) mass is 234 g/mol. The fourth-order valence-electron chi connectivity index (χ4n) is 2.04. The minimum absolute atomic E-state index is 0.0852. The molecule has 2 aromatic heterocycles. The summed E-state index contributed by atoms with van der Waals surface area (Å²) in [4.78, 5) is 29.2. The molecule has 0 radical (unpaired) electrons. The van der Waals surface area contributed by atoms with E-state index in [-0.39, 0.29) is 12.2 Å². The second-order valence-corrected chi connectivity index (χ2v) is 3.88. The molecular formula is C12H14N2O3. The molecule has 2 N–H and O–H groups in total. The fraction of sp³-hybridized carbons (Fsp3) is 0.333. The summed E-state index contributed by atoms with van der Waals surface area (Å²) in [5, 5.41) is 0.868. The van der Waals surface area contributed by atoms with Crippen molar-refractivity contribution in [1.29, 1.82) is 0 Å². The van der Waals surface area contributed by atoms with E-state index in [2.05, 4.69) is 9.97 Å². The van der Waals surface area contributed by atoms with Gasteiger partial charge in [0.05, 0.1) is 12.1 Å². The van der Waals surface area contributed by atoms with Crippen molar-refractivity contribution in [3.8, 4) is 0 Å². The molecule has 0 amide bonds. The minimum atomic E-state index is -0.575. The maximum Gasteiger partial charge on any atom is 0.344 e. The number of ether oxygens (including phenoxy) is 1. The highest BCUT2D eigenvalue weighted by atomic mass is 16.5. The summed E-state index contributed by atoms with van der Waals surface area (Å²) in [6.07, 6.45) is 1.72. The van der Waals surface area contributed by atoms with E-state index in [0.717, 1.165) is 11.1 Å². The molecule has 2 heterocycles. The van der Waals surface area contributed by atoms with Gasteiger partial charge in [-0.05, 0) is 26.3 Å². The molecule has 0 saturated heterocycles. The number of pyridine rings is 1. The summed E-state index contributed by atoms with van der Waals surface area (Å²) in [5.41, 5.74) is 1.95. The minimum Gasteiger partial charge on any atom is -0.462 e. The first-order valence-electron chi connectivity index (χ1n) is 5.44. The summed E-state index contributed by atoms with van der Waals surface area (Å²) < 4.78 is 4.89. The molecule has 5 heteroatoms. The molecule has 0 atom stereocenters. The molecule has 0 aliphatic rings. The molecule has 0 spiro atoms. The standard InChI is InChI=1S/C12H14N2O3/c1-4-17-12(16)10-6(2)9-7(3)13-5-8(9)14-11(10)15/h5,13H,4H2,1-3H3,(H,14,15). The lowest BCUT2D eigenvalue weighted by atomic mass is 10.1. The highest BCUT2D eigenvalue weighted by Gasteiger charge is 2.18. The second kappa shape index (κ2) is 4.08. The van der Waals surface area contributed by atoms with Crippen LogP contribution in [0.2, 0.25) is 0 Å². The van der Waals surface area contributed by atoms with Crippen LogP contribution in [-0.2, 0) is 4.74 Å². The largest absolute Gasteiger partial charge is 0.462 e. The molecule has 0 saturated carbocycles. The number of aromatic nitrogens is 2. The summed E-state index contributed by atoms with van der Waals surface area (Å²) in [6.45, 7) is 5.61. The number of aryl methyl sites for hydroxylation is 2. The Labute approximate surface area is 97.8 Å². The Balaban J connectivity index is 2.75. The lowest BCUT2D eigenvalue weighted by Gasteiger charge is -2.06. The van der Waals surface area contributed by atoms with Crippen LogP contribution in [0, 0.1) is 13.8 Å². The fourth-order valence-corrected chi connectivity index (χ4v) is 2.04. The maximum absolute atomic E-state index is 11.8. The quantitative estimate of drug-likeness (QED) is 0.776. The molecule has 0 fully saturated rings. The molecule has 5 nitrogen and oxygen atoms in total. The number of hydrogen-bond donors (Lipinski definition) is 2. The highest BCUT2D eigenvalue weighted by Crippen LogP contribution is 2.20. The Kier molecular flexibility index (Phi) is 2.75. The van der Waals surface area contributed by atoms with Crippen LogP contribution in [0.5, 0.6) is 0 Å². The topological polar surface area (TPSA) is 75.0 Å². The number of H-pyrrole nitrogens is 2. The molecule has 2 aromatic rings. The van der Waals surface area contributed by atoms with Gasteiger partial charge in [-0.15, -0.1) is 0 Å². The summed E-state index contributed by atoms with van der Waals surface area (Å²) in [5.74, 6) is -0.575. The molecule has 0 unspecified atom stereocenters. The van der Waals surface area contributed by atoms with Gasteiger partial charge in [0.15, 0.2) is 0 Å². The van der Waals surface area contributed by atoms with E-state index in [0.29, 0.717) is 11.1 Å². The van der Waals surface area contributed by atoms with Crippen LogP contribution in [0.4, 0.5) is 0 Å². The van der Waals surface area contributed by atoms with E-state index in [4.69, 9.17) is 4.74 Å². The van der Waals surface area contributed by atoms with E-state index in [1.54, 1.807) is 20.0 Å². The van der Waals surface area contributed by atoms with E-state index in [9.17, 15) is 9.59 Å². The molecule has 17 heavy (non-hydrogen) atoms. The molecule has 0 aliphatic carbocycles. The highest BCUT2D eigenvalue weighted by molar-refractivity contribution is 5.97. The first-order chi connectivity index (χ1) is 8.06. The average Bonchev–Trinajstić information content (AvgIpc) is 2.60. The van der Waals surface area contributed by atoms with Crippen molar-refractivity contribution in [2.45, 2.75) is 20.8 Å². The Morgan fingerprint density at radius 3 is 2.76 bits per heavy atom. The molecule has 0 bridgehead atoms. The molecule has 0 aliphatic heterocycles. The van der Waals surface area contributed by atoms with Crippen molar-refractivity contribution < 1.29 is 9.53 Å². The number of carbonyl (C=O) groups is 1. The van der Waals surface area contributed by atoms with E-state index < -0.39 is 11.5 Å². The number of fused-ring (bicyclic) bond motifs is 1. The van der Waals surface area contributed by atoms with Gasteiger partial charge in [-0.25, -0.2) is 4.79 Å².